The molecule has 0 amide bonds. The fraction of sp³-hybridized carbons (Fsp3) is 0.522. The minimum Gasteiger partial charge on any atom is -0.393 e. The highest BCUT2D eigenvalue weighted by atomic mass is 19.1. The van der Waals surface area contributed by atoms with Gasteiger partial charge in [-0.1, -0.05) is 0 Å². The van der Waals surface area contributed by atoms with E-state index in [1.54, 1.807) is 6.20 Å². The number of aliphatic hydroxyl groups is 1. The van der Waals surface area contributed by atoms with Gasteiger partial charge in [-0.2, -0.15) is 4.98 Å². The molecule has 1 aliphatic heterocycles. The largest absolute Gasteiger partial charge is 0.393 e. The first kappa shape index (κ1) is 22.1. The summed E-state index contributed by atoms with van der Waals surface area (Å²) in [6.45, 7) is 1.12. The van der Waals surface area contributed by atoms with Gasteiger partial charge < -0.3 is 19.7 Å². The fourth-order valence-electron chi connectivity index (χ4n) is 4.74. The molecule has 176 valence electrons. The highest BCUT2D eigenvalue weighted by molar-refractivity contribution is 5.72. The molecular formula is C23H26F3N5O2. The number of imidazole rings is 1. The van der Waals surface area contributed by atoms with E-state index >= 15 is 0 Å². The number of aliphatic hydroxyl groups excluding tert-OH is 1. The molecule has 10 heteroatoms. The van der Waals surface area contributed by atoms with Gasteiger partial charge in [0.05, 0.1) is 24.9 Å². The zero-order valence-electron chi connectivity index (χ0n) is 18.1. The Morgan fingerprint density at radius 2 is 1.79 bits per heavy atom. The molecule has 0 radical (unpaired) electrons. The summed E-state index contributed by atoms with van der Waals surface area (Å²) in [6, 6.07) is 1.60. The number of fused-ring (bicyclic) bond motifs is 1. The number of ether oxygens (including phenoxy) is 1. The van der Waals surface area contributed by atoms with Gasteiger partial charge in [-0.05, 0) is 38.5 Å². The highest BCUT2D eigenvalue weighted by Crippen LogP contribution is 2.28. The molecule has 5 rings (SSSR count). The molecule has 7 nitrogen and oxygen atoms in total. The van der Waals surface area contributed by atoms with E-state index in [1.807, 2.05) is 4.57 Å². The Balaban J connectivity index is 1.43. The first-order valence-electron chi connectivity index (χ1n) is 11.4. The summed E-state index contributed by atoms with van der Waals surface area (Å²) in [6.07, 6.45) is 5.68. The second-order valence-corrected chi connectivity index (χ2v) is 8.82. The van der Waals surface area contributed by atoms with Crippen molar-refractivity contribution in [1.82, 2.24) is 19.5 Å². The molecule has 0 bridgehead atoms. The van der Waals surface area contributed by atoms with Crippen molar-refractivity contribution in [1.29, 1.82) is 0 Å². The van der Waals surface area contributed by atoms with Gasteiger partial charge in [-0.15, -0.1) is 0 Å². The predicted octanol–water partition coefficient (Wildman–Crippen LogP) is 3.71. The molecule has 3 heterocycles. The van der Waals surface area contributed by atoms with Crippen LogP contribution in [0, 0.1) is 17.5 Å². The van der Waals surface area contributed by atoms with Crippen LogP contribution in [0.5, 0.6) is 0 Å². The fourth-order valence-corrected chi connectivity index (χ4v) is 4.74. The normalized spacial score (nSPS) is 23.3. The first-order valence-corrected chi connectivity index (χ1v) is 11.4. The van der Waals surface area contributed by atoms with Gasteiger partial charge in [-0.3, -0.25) is 0 Å². The zero-order chi connectivity index (χ0) is 22.9. The lowest BCUT2D eigenvalue weighted by atomic mass is 9.93. The van der Waals surface area contributed by atoms with Gasteiger partial charge in [0.25, 0.3) is 0 Å². The van der Waals surface area contributed by atoms with Crippen LogP contribution in [0.3, 0.4) is 0 Å². The van der Waals surface area contributed by atoms with E-state index in [2.05, 4.69) is 15.3 Å². The SMILES string of the molecule is OC1CCC(Nc2ncc3nc(CCc4c(F)cc(F)cc4F)n(C4CCOC4)c3n2)CC1. The highest BCUT2D eigenvalue weighted by Gasteiger charge is 2.26. The van der Waals surface area contributed by atoms with Crippen LogP contribution in [-0.2, 0) is 17.6 Å². The molecule has 0 spiro atoms. The number of hydrogen-bond acceptors (Lipinski definition) is 6. The van der Waals surface area contributed by atoms with Gasteiger partial charge in [-0.25, -0.2) is 23.1 Å². The second-order valence-electron chi connectivity index (χ2n) is 8.82. The van der Waals surface area contributed by atoms with Gasteiger partial charge in [0.15, 0.2) is 5.65 Å². The summed E-state index contributed by atoms with van der Waals surface area (Å²) in [5, 5.41) is 13.1. The van der Waals surface area contributed by atoms with E-state index in [0.29, 0.717) is 48.3 Å². The van der Waals surface area contributed by atoms with E-state index in [4.69, 9.17) is 9.72 Å². The van der Waals surface area contributed by atoms with E-state index in [0.717, 1.165) is 32.1 Å². The maximum Gasteiger partial charge on any atom is 0.224 e. The Labute approximate surface area is 189 Å². The van der Waals surface area contributed by atoms with Crippen LogP contribution in [0.1, 0.15) is 49.5 Å². The molecule has 3 aromatic rings. The van der Waals surface area contributed by atoms with E-state index in [1.165, 1.54) is 0 Å². The predicted molar refractivity (Wildman–Crippen MR) is 115 cm³/mol. The number of anilines is 1. The number of benzene rings is 1. The zero-order valence-corrected chi connectivity index (χ0v) is 18.1. The first-order chi connectivity index (χ1) is 16.0. The van der Waals surface area contributed by atoms with Crippen LogP contribution in [0.2, 0.25) is 0 Å². The van der Waals surface area contributed by atoms with Crippen molar-refractivity contribution < 1.29 is 23.0 Å². The number of aromatic nitrogens is 4. The van der Waals surface area contributed by atoms with Crippen LogP contribution in [-0.4, -0.2) is 50.0 Å². The minimum atomic E-state index is -0.938. The van der Waals surface area contributed by atoms with Crippen LogP contribution in [0.25, 0.3) is 11.2 Å². The molecule has 1 aromatic carbocycles. The average molecular weight is 461 g/mol. The quantitative estimate of drug-likeness (QED) is 0.582. The lowest BCUT2D eigenvalue weighted by molar-refractivity contribution is 0.126. The maximum absolute atomic E-state index is 14.1. The Kier molecular flexibility index (Phi) is 6.20. The van der Waals surface area contributed by atoms with Gasteiger partial charge >= 0.3 is 0 Å². The molecule has 1 atom stereocenters. The molecule has 2 N–H and O–H groups in total. The topological polar surface area (TPSA) is 85.1 Å². The van der Waals surface area contributed by atoms with Gasteiger partial charge in [0.1, 0.15) is 28.8 Å². The van der Waals surface area contributed by atoms with Crippen LogP contribution in [0.15, 0.2) is 18.3 Å². The number of halogens is 3. The summed E-state index contributed by atoms with van der Waals surface area (Å²) < 4.78 is 49.1. The molecule has 2 aromatic heterocycles. The molecule has 1 saturated carbocycles. The lowest BCUT2D eigenvalue weighted by Gasteiger charge is -2.26. The standard InChI is InChI=1S/C23H26F3N5O2/c24-13-9-18(25)17(19(26)10-13)5-6-21-29-20-11-27-23(28-14-1-3-16(32)4-2-14)30-22(20)31(21)15-7-8-33-12-15/h9-11,14-16,32H,1-8,12H2,(H,27,28,30). The molecule has 2 aliphatic rings. The van der Waals surface area contributed by atoms with E-state index < -0.39 is 17.5 Å². The smallest absolute Gasteiger partial charge is 0.224 e. The Morgan fingerprint density at radius 1 is 1.03 bits per heavy atom. The molecule has 33 heavy (non-hydrogen) atoms. The lowest BCUT2D eigenvalue weighted by Crippen LogP contribution is -2.29. The van der Waals surface area contributed by atoms with E-state index in [9.17, 15) is 18.3 Å². The van der Waals surface area contributed by atoms with Crippen LogP contribution in [0.4, 0.5) is 19.1 Å². The van der Waals surface area contributed by atoms with Crippen LogP contribution >= 0.6 is 0 Å². The second kappa shape index (κ2) is 9.26. The van der Waals surface area contributed by atoms with Crippen molar-refractivity contribution >= 4 is 17.1 Å². The third-order valence-electron chi connectivity index (χ3n) is 6.51. The summed E-state index contributed by atoms with van der Waals surface area (Å²) >= 11 is 0. The molecule has 2 fully saturated rings. The number of hydrogen-bond donors (Lipinski definition) is 2. The van der Waals surface area contributed by atoms with Crippen molar-refractivity contribution in [2.75, 3.05) is 18.5 Å². The monoisotopic (exact) mass is 461 g/mol. The third-order valence-corrected chi connectivity index (χ3v) is 6.51. The molecular weight excluding hydrogens is 435 g/mol. The van der Waals surface area contributed by atoms with Gasteiger partial charge in [0, 0.05) is 36.8 Å². The van der Waals surface area contributed by atoms with E-state index in [-0.39, 0.29) is 36.6 Å². The number of aryl methyl sites for hydroxylation is 1. The Bertz CT molecular complexity index is 1120. The number of rotatable bonds is 6. The molecule has 1 aliphatic carbocycles. The van der Waals surface area contributed by atoms with Crippen molar-refractivity contribution in [3.63, 3.8) is 0 Å². The average Bonchev–Trinajstić information content (AvgIpc) is 3.42. The van der Waals surface area contributed by atoms with Crippen molar-refractivity contribution in [2.45, 2.75) is 63.1 Å². The summed E-state index contributed by atoms with van der Waals surface area (Å²) in [5.41, 5.74) is 1.08. The summed E-state index contributed by atoms with van der Waals surface area (Å²) in [5.74, 6) is -1.61. The van der Waals surface area contributed by atoms with Gasteiger partial charge in [0.2, 0.25) is 5.95 Å². The summed E-state index contributed by atoms with van der Waals surface area (Å²) in [4.78, 5) is 13.8. The van der Waals surface area contributed by atoms with Crippen LogP contribution < -0.4 is 5.32 Å². The maximum atomic E-state index is 14.1. The van der Waals surface area contributed by atoms with Crippen molar-refractivity contribution in [3.05, 3.63) is 47.2 Å². The number of nitrogens with one attached hydrogen (secondary N) is 1. The minimum absolute atomic E-state index is 0.0143. The van der Waals surface area contributed by atoms with Crippen molar-refractivity contribution in [2.24, 2.45) is 0 Å². The summed E-state index contributed by atoms with van der Waals surface area (Å²) in [7, 11) is 0. The Morgan fingerprint density at radius 3 is 2.48 bits per heavy atom. The third kappa shape index (κ3) is 4.67. The number of nitrogens with zero attached hydrogens (tertiary/aromatic N) is 4. The Hall–Kier alpha value is -2.72. The molecule has 1 saturated heterocycles. The van der Waals surface area contributed by atoms with Crippen molar-refractivity contribution in [3.8, 4) is 0 Å². The molecule has 1 unspecified atom stereocenters.